The molecule has 1 aliphatic rings. The maximum absolute atomic E-state index is 13.0. The van der Waals surface area contributed by atoms with Crippen molar-refractivity contribution >= 4 is 23.2 Å². The second kappa shape index (κ2) is 6.68. The van der Waals surface area contributed by atoms with Crippen LogP contribution in [0.15, 0.2) is 40.7 Å². The SMILES string of the molecule is Cc1ccsc1[C@@]1(C)N=C(N)N(C)C(=O)C1c1ccc(OC(F)F)cc1. The number of hydrogen-bond donors (Lipinski definition) is 1. The molecule has 0 fully saturated rings. The highest BCUT2D eigenvalue weighted by molar-refractivity contribution is 7.10. The van der Waals surface area contributed by atoms with E-state index in [0.29, 0.717) is 5.56 Å². The minimum absolute atomic E-state index is 0.0392. The van der Waals surface area contributed by atoms with Gasteiger partial charge in [0.2, 0.25) is 5.91 Å². The Hall–Kier alpha value is -2.48. The fourth-order valence-corrected chi connectivity index (χ4v) is 4.37. The molecule has 2 aromatic rings. The lowest BCUT2D eigenvalue weighted by Gasteiger charge is -2.40. The Labute approximate surface area is 154 Å². The van der Waals surface area contributed by atoms with Gasteiger partial charge in [-0.05, 0) is 48.6 Å². The number of likely N-dealkylation sites (N-methyl/N-ethyl adjacent to an activating group) is 1. The highest BCUT2D eigenvalue weighted by Crippen LogP contribution is 2.46. The summed E-state index contributed by atoms with van der Waals surface area (Å²) in [5, 5.41) is 1.95. The van der Waals surface area contributed by atoms with E-state index >= 15 is 0 Å². The largest absolute Gasteiger partial charge is 0.435 e. The van der Waals surface area contributed by atoms with Gasteiger partial charge in [-0.15, -0.1) is 11.3 Å². The molecule has 3 rings (SSSR count). The van der Waals surface area contributed by atoms with E-state index in [9.17, 15) is 13.6 Å². The molecule has 2 N–H and O–H groups in total. The monoisotopic (exact) mass is 379 g/mol. The van der Waals surface area contributed by atoms with Crippen LogP contribution in [0.4, 0.5) is 8.78 Å². The van der Waals surface area contributed by atoms with Crippen molar-refractivity contribution in [2.75, 3.05) is 7.05 Å². The zero-order chi connectivity index (χ0) is 19.1. The van der Waals surface area contributed by atoms with Gasteiger partial charge in [-0.2, -0.15) is 8.78 Å². The topological polar surface area (TPSA) is 67.9 Å². The summed E-state index contributed by atoms with van der Waals surface area (Å²) in [5.41, 5.74) is 6.78. The molecule has 1 aliphatic heterocycles. The molecule has 0 spiro atoms. The predicted octanol–water partition coefficient (Wildman–Crippen LogP) is 3.44. The number of ether oxygens (including phenoxy) is 1. The summed E-state index contributed by atoms with van der Waals surface area (Å²) in [6.45, 7) is 0.937. The Balaban J connectivity index is 2.10. The number of guanidine groups is 1. The third-order valence-electron chi connectivity index (χ3n) is 4.59. The lowest BCUT2D eigenvalue weighted by atomic mass is 9.77. The molecule has 0 saturated carbocycles. The zero-order valence-corrected chi connectivity index (χ0v) is 15.4. The van der Waals surface area contributed by atoms with Crippen LogP contribution in [-0.2, 0) is 10.3 Å². The van der Waals surface area contributed by atoms with Crippen LogP contribution in [0.3, 0.4) is 0 Å². The van der Waals surface area contributed by atoms with E-state index < -0.39 is 18.1 Å². The number of halogens is 2. The number of alkyl halides is 2. The van der Waals surface area contributed by atoms with Crippen molar-refractivity contribution in [1.82, 2.24) is 4.90 Å². The predicted molar refractivity (Wildman–Crippen MR) is 96.6 cm³/mol. The number of thiophene rings is 1. The van der Waals surface area contributed by atoms with Gasteiger partial charge >= 0.3 is 6.61 Å². The van der Waals surface area contributed by atoms with Crippen molar-refractivity contribution in [3.8, 4) is 5.75 Å². The van der Waals surface area contributed by atoms with Gasteiger partial charge in [-0.3, -0.25) is 9.69 Å². The van der Waals surface area contributed by atoms with Crippen LogP contribution >= 0.6 is 11.3 Å². The number of nitrogens with zero attached hydrogens (tertiary/aromatic N) is 2. The van der Waals surface area contributed by atoms with E-state index in [1.165, 1.54) is 28.4 Å². The van der Waals surface area contributed by atoms with Crippen LogP contribution in [0.2, 0.25) is 0 Å². The van der Waals surface area contributed by atoms with Crippen LogP contribution in [0.5, 0.6) is 5.75 Å². The minimum Gasteiger partial charge on any atom is -0.435 e. The number of carbonyl (C=O) groups is 1. The third-order valence-corrected chi connectivity index (χ3v) is 5.83. The van der Waals surface area contributed by atoms with Gasteiger partial charge in [0.25, 0.3) is 0 Å². The standard InChI is InChI=1S/C18H19F2N3O2S/c1-10-8-9-26-14(10)18(2)13(15(24)23(3)17(21)22-18)11-4-6-12(7-5-11)25-16(19)20/h4-9,13,16H,1-3H3,(H2,21,22)/t13?,18-/m0/s1. The molecule has 1 aromatic heterocycles. The Morgan fingerprint density at radius 3 is 2.50 bits per heavy atom. The Bertz CT molecular complexity index is 850. The molecule has 0 saturated heterocycles. The van der Waals surface area contributed by atoms with E-state index in [-0.39, 0.29) is 17.6 Å². The van der Waals surface area contributed by atoms with E-state index in [1.807, 2.05) is 25.3 Å². The van der Waals surface area contributed by atoms with Crippen LogP contribution < -0.4 is 10.5 Å². The maximum Gasteiger partial charge on any atom is 0.387 e. The molecule has 5 nitrogen and oxygen atoms in total. The summed E-state index contributed by atoms with van der Waals surface area (Å²) in [7, 11) is 1.57. The van der Waals surface area contributed by atoms with E-state index in [4.69, 9.17) is 5.73 Å². The van der Waals surface area contributed by atoms with Gasteiger partial charge in [-0.1, -0.05) is 12.1 Å². The molecule has 1 unspecified atom stereocenters. The summed E-state index contributed by atoms with van der Waals surface area (Å²) in [5.74, 6) is -0.635. The number of carbonyl (C=O) groups excluding carboxylic acids is 1. The highest BCUT2D eigenvalue weighted by Gasteiger charge is 2.48. The lowest BCUT2D eigenvalue weighted by molar-refractivity contribution is -0.130. The van der Waals surface area contributed by atoms with Crippen molar-refractivity contribution in [3.63, 3.8) is 0 Å². The smallest absolute Gasteiger partial charge is 0.387 e. The Morgan fingerprint density at radius 1 is 1.31 bits per heavy atom. The molecule has 0 bridgehead atoms. The van der Waals surface area contributed by atoms with Crippen molar-refractivity contribution in [2.24, 2.45) is 10.7 Å². The van der Waals surface area contributed by atoms with Crippen LogP contribution in [0.1, 0.15) is 28.8 Å². The van der Waals surface area contributed by atoms with E-state index in [1.54, 1.807) is 19.2 Å². The van der Waals surface area contributed by atoms with Gasteiger partial charge in [0.05, 0.1) is 5.92 Å². The first-order valence-corrected chi connectivity index (χ1v) is 8.84. The fraction of sp³-hybridized carbons (Fsp3) is 0.333. The second-order valence-electron chi connectivity index (χ2n) is 6.33. The number of benzene rings is 1. The van der Waals surface area contributed by atoms with Crippen molar-refractivity contribution < 1.29 is 18.3 Å². The van der Waals surface area contributed by atoms with E-state index in [2.05, 4.69) is 9.73 Å². The molecule has 138 valence electrons. The molecule has 2 heterocycles. The molecule has 0 radical (unpaired) electrons. The van der Waals surface area contributed by atoms with Crippen molar-refractivity contribution in [3.05, 3.63) is 51.7 Å². The summed E-state index contributed by atoms with van der Waals surface area (Å²) in [6.07, 6.45) is 0. The molecule has 26 heavy (non-hydrogen) atoms. The summed E-state index contributed by atoms with van der Waals surface area (Å²) in [6, 6.07) is 8.06. The molecule has 1 amide bonds. The minimum atomic E-state index is -2.90. The quantitative estimate of drug-likeness (QED) is 0.885. The van der Waals surface area contributed by atoms with Gasteiger partial charge in [-0.25, -0.2) is 4.99 Å². The lowest BCUT2D eigenvalue weighted by Crippen LogP contribution is -2.52. The maximum atomic E-state index is 13.0. The first-order valence-electron chi connectivity index (χ1n) is 7.96. The molecule has 2 atom stereocenters. The third kappa shape index (κ3) is 3.05. The molecule has 1 aromatic carbocycles. The van der Waals surface area contributed by atoms with Gasteiger partial charge in [0.15, 0.2) is 5.96 Å². The van der Waals surface area contributed by atoms with Crippen molar-refractivity contribution in [1.29, 1.82) is 0 Å². The fourth-order valence-electron chi connectivity index (χ4n) is 3.31. The van der Waals surface area contributed by atoms with Crippen LogP contribution in [-0.4, -0.2) is 30.4 Å². The summed E-state index contributed by atoms with van der Waals surface area (Å²) >= 11 is 1.51. The molecular formula is C18H19F2N3O2S. The van der Waals surface area contributed by atoms with Gasteiger partial charge in [0, 0.05) is 11.9 Å². The average Bonchev–Trinajstić information content (AvgIpc) is 3.01. The number of aliphatic imine (C=N–C) groups is 1. The molecule has 0 aliphatic carbocycles. The average molecular weight is 379 g/mol. The first kappa shape index (κ1) is 18.3. The summed E-state index contributed by atoms with van der Waals surface area (Å²) in [4.78, 5) is 19.9. The number of rotatable bonds is 4. The second-order valence-corrected chi connectivity index (χ2v) is 7.24. The number of amides is 1. The van der Waals surface area contributed by atoms with E-state index in [0.717, 1.165) is 10.4 Å². The number of hydrogen-bond acceptors (Lipinski definition) is 5. The van der Waals surface area contributed by atoms with Crippen LogP contribution in [0.25, 0.3) is 0 Å². The Kier molecular flexibility index (Phi) is 4.70. The van der Waals surface area contributed by atoms with Gasteiger partial charge < -0.3 is 10.5 Å². The molecular weight excluding hydrogens is 360 g/mol. The first-order chi connectivity index (χ1) is 12.2. The normalized spacial score (nSPS) is 23.3. The molecule has 8 heteroatoms. The van der Waals surface area contributed by atoms with Gasteiger partial charge in [0.1, 0.15) is 11.3 Å². The zero-order valence-electron chi connectivity index (χ0n) is 14.6. The number of nitrogens with two attached hydrogens (primary N) is 1. The Morgan fingerprint density at radius 2 is 1.96 bits per heavy atom. The van der Waals surface area contributed by atoms with Crippen molar-refractivity contribution in [2.45, 2.75) is 31.9 Å². The number of aryl methyl sites for hydroxylation is 1. The highest BCUT2D eigenvalue weighted by atomic mass is 32.1. The summed E-state index contributed by atoms with van der Waals surface area (Å²) < 4.78 is 29.1. The van der Waals surface area contributed by atoms with Crippen LogP contribution in [0, 0.1) is 6.92 Å².